The van der Waals surface area contributed by atoms with Gasteiger partial charge in [0.05, 0.1) is 12.2 Å². The number of anilines is 1. The molecule has 0 radical (unpaired) electrons. The minimum absolute atomic E-state index is 0.0187. The summed E-state index contributed by atoms with van der Waals surface area (Å²) < 4.78 is 0. The molecule has 2 aromatic rings. The van der Waals surface area contributed by atoms with E-state index >= 15 is 0 Å². The maximum atomic E-state index is 12.1. The molecule has 1 aromatic carbocycles. The Morgan fingerprint density at radius 1 is 1.38 bits per heavy atom. The first-order valence-electron chi connectivity index (χ1n) is 6.09. The molecule has 0 aliphatic carbocycles. The van der Waals surface area contributed by atoms with Crippen molar-refractivity contribution in [1.82, 2.24) is 4.98 Å². The number of hydrogen-bond acceptors (Lipinski definition) is 3. The zero-order valence-corrected chi connectivity index (χ0v) is 11.7. The van der Waals surface area contributed by atoms with Crippen LogP contribution in [-0.4, -0.2) is 17.4 Å². The summed E-state index contributed by atoms with van der Waals surface area (Å²) in [5.41, 5.74) is 5.99. The quantitative estimate of drug-likeness (QED) is 0.736. The number of carbonyl (C=O) groups excluding carboxylic acids is 1. The standard InChI is InChI=1S/C15H12ClN3O2/c16-11-3-4-13(10(8-11)2-1-6-17)19-15(21)12-9-18-7-5-14(12)20/h3-5,7-9H,6,17H2,(H,18,20)(H,19,21). The van der Waals surface area contributed by atoms with Gasteiger partial charge in [-0.3, -0.25) is 9.59 Å². The Labute approximate surface area is 126 Å². The van der Waals surface area contributed by atoms with E-state index in [2.05, 4.69) is 22.1 Å². The molecule has 5 nitrogen and oxygen atoms in total. The van der Waals surface area contributed by atoms with Crippen LogP contribution in [0.2, 0.25) is 5.02 Å². The van der Waals surface area contributed by atoms with E-state index in [0.717, 1.165) is 0 Å². The summed E-state index contributed by atoms with van der Waals surface area (Å²) in [5.74, 6) is 5.00. The van der Waals surface area contributed by atoms with Gasteiger partial charge >= 0.3 is 0 Å². The summed E-state index contributed by atoms with van der Waals surface area (Å²) in [4.78, 5) is 26.4. The number of carbonyl (C=O) groups is 1. The van der Waals surface area contributed by atoms with Gasteiger partial charge in [-0.1, -0.05) is 23.4 Å². The lowest BCUT2D eigenvalue weighted by Gasteiger charge is -2.07. The molecule has 21 heavy (non-hydrogen) atoms. The van der Waals surface area contributed by atoms with Crippen LogP contribution in [0, 0.1) is 11.8 Å². The summed E-state index contributed by atoms with van der Waals surface area (Å²) in [5, 5.41) is 3.14. The Hall–Kier alpha value is -2.55. The topological polar surface area (TPSA) is 88.0 Å². The molecule has 0 saturated carbocycles. The smallest absolute Gasteiger partial charge is 0.261 e. The van der Waals surface area contributed by atoms with Gasteiger partial charge < -0.3 is 16.0 Å². The first-order chi connectivity index (χ1) is 10.1. The zero-order chi connectivity index (χ0) is 15.2. The van der Waals surface area contributed by atoms with Crippen LogP contribution < -0.4 is 16.5 Å². The van der Waals surface area contributed by atoms with E-state index < -0.39 is 5.91 Å². The van der Waals surface area contributed by atoms with Crippen molar-refractivity contribution in [3.05, 3.63) is 63.0 Å². The van der Waals surface area contributed by atoms with Crippen LogP contribution in [0.4, 0.5) is 5.69 Å². The molecule has 1 aromatic heterocycles. The van der Waals surface area contributed by atoms with Crippen molar-refractivity contribution in [2.75, 3.05) is 11.9 Å². The number of aromatic amines is 1. The molecule has 0 saturated heterocycles. The SMILES string of the molecule is NCC#Cc1cc(Cl)ccc1NC(=O)c1c[nH]ccc1=O. The summed E-state index contributed by atoms with van der Waals surface area (Å²) in [6, 6.07) is 6.15. The second-order valence-electron chi connectivity index (χ2n) is 4.07. The fraction of sp³-hybridized carbons (Fsp3) is 0.0667. The number of hydrogen-bond donors (Lipinski definition) is 3. The van der Waals surface area contributed by atoms with Crippen molar-refractivity contribution in [2.24, 2.45) is 5.73 Å². The Morgan fingerprint density at radius 2 is 2.19 bits per heavy atom. The number of amides is 1. The highest BCUT2D eigenvalue weighted by Gasteiger charge is 2.11. The molecule has 2 rings (SSSR count). The number of nitrogens with two attached hydrogens (primary N) is 1. The van der Waals surface area contributed by atoms with Crippen molar-refractivity contribution >= 4 is 23.2 Å². The van der Waals surface area contributed by atoms with Gasteiger partial charge in [-0.25, -0.2) is 0 Å². The second-order valence-corrected chi connectivity index (χ2v) is 4.51. The van der Waals surface area contributed by atoms with Gasteiger partial charge in [-0.15, -0.1) is 0 Å². The Bertz CT molecular complexity index is 787. The maximum Gasteiger partial charge on any atom is 0.261 e. The predicted molar refractivity (Wildman–Crippen MR) is 82.4 cm³/mol. The minimum atomic E-state index is -0.519. The van der Waals surface area contributed by atoms with Crippen molar-refractivity contribution in [1.29, 1.82) is 0 Å². The third kappa shape index (κ3) is 3.72. The number of halogens is 1. The highest BCUT2D eigenvalue weighted by Crippen LogP contribution is 2.20. The van der Waals surface area contributed by atoms with Crippen LogP contribution in [0.3, 0.4) is 0 Å². The van der Waals surface area contributed by atoms with Crippen LogP contribution in [0.5, 0.6) is 0 Å². The van der Waals surface area contributed by atoms with Gasteiger partial charge in [-0.2, -0.15) is 0 Å². The summed E-state index contributed by atoms with van der Waals surface area (Å²) in [7, 11) is 0. The van der Waals surface area contributed by atoms with Crippen molar-refractivity contribution in [2.45, 2.75) is 0 Å². The zero-order valence-electron chi connectivity index (χ0n) is 10.9. The summed E-state index contributed by atoms with van der Waals surface area (Å²) in [6.07, 6.45) is 2.80. The van der Waals surface area contributed by atoms with E-state index in [9.17, 15) is 9.59 Å². The van der Waals surface area contributed by atoms with Gasteiger partial charge in [0.15, 0.2) is 5.43 Å². The number of benzene rings is 1. The van der Waals surface area contributed by atoms with Crippen LogP contribution in [0.15, 0.2) is 41.5 Å². The van der Waals surface area contributed by atoms with Crippen molar-refractivity contribution in [3.8, 4) is 11.8 Å². The minimum Gasteiger partial charge on any atom is -0.367 e. The lowest BCUT2D eigenvalue weighted by molar-refractivity contribution is 0.102. The van der Waals surface area contributed by atoms with E-state index in [4.69, 9.17) is 17.3 Å². The molecule has 0 bridgehead atoms. The molecule has 4 N–H and O–H groups in total. The van der Waals surface area contributed by atoms with Crippen molar-refractivity contribution in [3.63, 3.8) is 0 Å². The lowest BCUT2D eigenvalue weighted by atomic mass is 10.1. The van der Waals surface area contributed by atoms with Crippen LogP contribution in [0.25, 0.3) is 0 Å². The fourth-order valence-corrected chi connectivity index (χ4v) is 1.83. The third-order valence-corrected chi connectivity index (χ3v) is 2.86. The molecule has 0 atom stereocenters. The second kappa shape index (κ2) is 6.75. The molecule has 1 amide bonds. The lowest BCUT2D eigenvalue weighted by Crippen LogP contribution is -2.21. The van der Waals surface area contributed by atoms with E-state index in [1.54, 1.807) is 18.2 Å². The molecule has 6 heteroatoms. The fourth-order valence-electron chi connectivity index (χ4n) is 1.66. The normalized spacial score (nSPS) is 9.62. The van der Waals surface area contributed by atoms with Crippen LogP contribution >= 0.6 is 11.6 Å². The van der Waals surface area contributed by atoms with E-state index in [1.165, 1.54) is 18.5 Å². The Morgan fingerprint density at radius 3 is 2.90 bits per heavy atom. The molecule has 0 aliphatic heterocycles. The molecule has 0 aliphatic rings. The van der Waals surface area contributed by atoms with E-state index in [-0.39, 0.29) is 17.5 Å². The monoisotopic (exact) mass is 301 g/mol. The molecule has 1 heterocycles. The van der Waals surface area contributed by atoms with Crippen LogP contribution in [0.1, 0.15) is 15.9 Å². The number of pyridine rings is 1. The molecule has 0 fully saturated rings. The Kier molecular flexibility index (Phi) is 4.77. The Balaban J connectivity index is 2.33. The number of aromatic nitrogens is 1. The van der Waals surface area contributed by atoms with E-state index in [0.29, 0.717) is 16.3 Å². The first-order valence-corrected chi connectivity index (χ1v) is 6.46. The molecular formula is C15H12ClN3O2. The average Bonchev–Trinajstić information content (AvgIpc) is 2.47. The third-order valence-electron chi connectivity index (χ3n) is 2.62. The summed E-state index contributed by atoms with van der Waals surface area (Å²) >= 11 is 5.91. The molecule has 0 unspecified atom stereocenters. The predicted octanol–water partition coefficient (Wildman–Crippen LogP) is 1.59. The van der Waals surface area contributed by atoms with Crippen LogP contribution in [-0.2, 0) is 0 Å². The van der Waals surface area contributed by atoms with Gasteiger partial charge in [0.2, 0.25) is 0 Å². The largest absolute Gasteiger partial charge is 0.367 e. The number of nitrogens with one attached hydrogen (secondary N) is 2. The molecule has 106 valence electrons. The number of rotatable bonds is 2. The van der Waals surface area contributed by atoms with Crippen molar-refractivity contribution < 1.29 is 4.79 Å². The van der Waals surface area contributed by atoms with Gasteiger partial charge in [0.1, 0.15) is 5.56 Å². The highest BCUT2D eigenvalue weighted by atomic mass is 35.5. The number of H-pyrrole nitrogens is 1. The van der Waals surface area contributed by atoms with E-state index in [1.807, 2.05) is 0 Å². The maximum absolute atomic E-state index is 12.1. The van der Waals surface area contributed by atoms with Gasteiger partial charge in [-0.05, 0) is 18.2 Å². The summed E-state index contributed by atoms with van der Waals surface area (Å²) in [6.45, 7) is 0.193. The molecular weight excluding hydrogens is 290 g/mol. The highest BCUT2D eigenvalue weighted by molar-refractivity contribution is 6.30. The van der Waals surface area contributed by atoms with Gasteiger partial charge in [0.25, 0.3) is 5.91 Å². The van der Waals surface area contributed by atoms with Gasteiger partial charge in [0, 0.05) is 29.0 Å². The first kappa shape index (κ1) is 14.9. The average molecular weight is 302 g/mol. The molecule has 0 spiro atoms.